The molecule has 0 saturated heterocycles. The number of nitrogens with zero attached hydrogens (tertiary/aromatic N) is 3. The number of aromatic nitrogens is 3. The molecule has 4 N–H and O–H groups in total. The van der Waals surface area contributed by atoms with Gasteiger partial charge in [-0.2, -0.15) is 0 Å². The lowest BCUT2D eigenvalue weighted by Gasteiger charge is -2.08. The minimum Gasteiger partial charge on any atom is -0.308 e. The molecular weight excluding hydrogens is 256 g/mol. The number of aryl methyl sites for hydroxylation is 1. The summed E-state index contributed by atoms with van der Waals surface area (Å²) in [5, 5.41) is 2.62. The maximum atomic E-state index is 12.2. The van der Waals surface area contributed by atoms with Gasteiger partial charge in [0.1, 0.15) is 5.82 Å². The van der Waals surface area contributed by atoms with Crippen LogP contribution in [0.4, 0.5) is 11.8 Å². The Kier molecular flexibility index (Phi) is 4.56. The number of rotatable bonds is 5. The van der Waals surface area contributed by atoms with Gasteiger partial charge >= 0.3 is 0 Å². The van der Waals surface area contributed by atoms with Gasteiger partial charge in [-0.25, -0.2) is 20.8 Å². The molecule has 0 unspecified atom stereocenters. The van der Waals surface area contributed by atoms with Gasteiger partial charge in [-0.05, 0) is 24.6 Å². The molecule has 0 radical (unpaired) electrons. The lowest BCUT2D eigenvalue weighted by atomic mass is 10.1. The Labute approximate surface area is 116 Å². The zero-order chi connectivity index (χ0) is 14.4. The molecule has 0 aliphatic rings. The molecule has 104 valence electrons. The smallest absolute Gasteiger partial charge is 0.258 e. The summed E-state index contributed by atoms with van der Waals surface area (Å²) in [6, 6.07) is 5.00. The lowest BCUT2D eigenvalue weighted by molar-refractivity contribution is 0.102. The average Bonchev–Trinajstić information content (AvgIpc) is 2.48. The average molecular weight is 272 g/mol. The molecule has 0 aliphatic heterocycles. The second-order valence-electron chi connectivity index (χ2n) is 4.15. The number of carbonyl (C=O) groups is 1. The van der Waals surface area contributed by atoms with Crippen LogP contribution in [0.25, 0.3) is 0 Å². The maximum Gasteiger partial charge on any atom is 0.258 e. The molecule has 0 spiro atoms. The Morgan fingerprint density at radius 1 is 1.30 bits per heavy atom. The number of nitrogen functional groups attached to an aromatic ring is 1. The summed E-state index contributed by atoms with van der Waals surface area (Å²) >= 11 is 0. The molecule has 2 aromatic rings. The van der Waals surface area contributed by atoms with E-state index >= 15 is 0 Å². The van der Waals surface area contributed by atoms with Crippen molar-refractivity contribution in [3.63, 3.8) is 0 Å². The zero-order valence-electron chi connectivity index (χ0n) is 11.1. The first-order chi connectivity index (χ1) is 9.72. The minimum atomic E-state index is -0.299. The van der Waals surface area contributed by atoms with E-state index in [4.69, 9.17) is 5.84 Å². The van der Waals surface area contributed by atoms with Crippen LogP contribution in [0.1, 0.15) is 29.4 Å². The molecule has 2 rings (SSSR count). The summed E-state index contributed by atoms with van der Waals surface area (Å²) in [4.78, 5) is 24.3. The number of hydrogen-bond donors (Lipinski definition) is 3. The molecule has 0 bridgehead atoms. The van der Waals surface area contributed by atoms with Gasteiger partial charge in [0.25, 0.3) is 5.91 Å². The van der Waals surface area contributed by atoms with Gasteiger partial charge in [0.15, 0.2) is 0 Å². The predicted molar refractivity (Wildman–Crippen MR) is 76.0 cm³/mol. The monoisotopic (exact) mass is 272 g/mol. The number of hydrogen-bond acceptors (Lipinski definition) is 6. The number of amides is 1. The van der Waals surface area contributed by atoms with Crippen molar-refractivity contribution in [3.8, 4) is 0 Å². The fourth-order valence-corrected chi connectivity index (χ4v) is 1.71. The summed E-state index contributed by atoms with van der Waals surface area (Å²) in [5.41, 5.74) is 3.73. The first-order valence-corrected chi connectivity index (χ1v) is 6.29. The Morgan fingerprint density at radius 2 is 2.05 bits per heavy atom. The third-order valence-electron chi connectivity index (χ3n) is 2.59. The van der Waals surface area contributed by atoms with Crippen molar-refractivity contribution in [1.29, 1.82) is 0 Å². The lowest BCUT2D eigenvalue weighted by Crippen LogP contribution is -2.16. The van der Waals surface area contributed by atoms with Gasteiger partial charge in [0.2, 0.25) is 5.95 Å². The maximum absolute atomic E-state index is 12.2. The van der Waals surface area contributed by atoms with Crippen LogP contribution in [0.15, 0.2) is 30.6 Å². The Morgan fingerprint density at radius 3 is 2.70 bits per heavy atom. The fraction of sp³-hybridized carbons (Fsp3) is 0.231. The summed E-state index contributed by atoms with van der Waals surface area (Å²) in [5.74, 6) is 5.78. The van der Waals surface area contributed by atoms with Crippen molar-refractivity contribution in [1.82, 2.24) is 15.0 Å². The SMILES string of the molecule is CCCc1cc(C(=O)Nc2ncccn2)cc(NN)n1. The number of pyridine rings is 1. The van der Waals surface area contributed by atoms with E-state index in [1.807, 2.05) is 6.92 Å². The summed E-state index contributed by atoms with van der Waals surface area (Å²) < 4.78 is 0. The third kappa shape index (κ3) is 3.48. The topological polar surface area (TPSA) is 106 Å². The van der Waals surface area contributed by atoms with Crippen molar-refractivity contribution in [3.05, 3.63) is 41.9 Å². The van der Waals surface area contributed by atoms with Crippen LogP contribution in [-0.2, 0) is 6.42 Å². The van der Waals surface area contributed by atoms with E-state index in [1.54, 1.807) is 30.6 Å². The van der Waals surface area contributed by atoms with E-state index in [2.05, 4.69) is 25.7 Å². The summed E-state index contributed by atoms with van der Waals surface area (Å²) in [6.45, 7) is 2.04. The Hall–Kier alpha value is -2.54. The van der Waals surface area contributed by atoms with Crippen LogP contribution in [0, 0.1) is 0 Å². The highest BCUT2D eigenvalue weighted by atomic mass is 16.1. The van der Waals surface area contributed by atoms with E-state index < -0.39 is 0 Å². The van der Waals surface area contributed by atoms with Crippen molar-refractivity contribution < 1.29 is 4.79 Å². The fourth-order valence-electron chi connectivity index (χ4n) is 1.71. The number of nitrogens with one attached hydrogen (secondary N) is 2. The van der Waals surface area contributed by atoms with Crippen molar-refractivity contribution >= 4 is 17.7 Å². The van der Waals surface area contributed by atoms with E-state index in [1.165, 1.54) is 0 Å². The molecule has 2 heterocycles. The molecule has 7 heteroatoms. The van der Waals surface area contributed by atoms with E-state index in [9.17, 15) is 4.79 Å². The largest absolute Gasteiger partial charge is 0.308 e. The second kappa shape index (κ2) is 6.58. The molecule has 2 aromatic heterocycles. The highest BCUT2D eigenvalue weighted by Crippen LogP contribution is 2.12. The normalized spacial score (nSPS) is 10.1. The molecular formula is C13H16N6O. The van der Waals surface area contributed by atoms with Crippen LogP contribution in [0.3, 0.4) is 0 Å². The van der Waals surface area contributed by atoms with Gasteiger partial charge in [-0.1, -0.05) is 13.3 Å². The number of anilines is 2. The molecule has 0 atom stereocenters. The summed E-state index contributed by atoms with van der Waals surface area (Å²) in [7, 11) is 0. The number of hydrazine groups is 1. The minimum absolute atomic E-state index is 0.258. The van der Waals surface area contributed by atoms with Gasteiger partial charge in [-0.15, -0.1) is 0 Å². The zero-order valence-corrected chi connectivity index (χ0v) is 11.1. The second-order valence-corrected chi connectivity index (χ2v) is 4.15. The van der Waals surface area contributed by atoms with Gasteiger partial charge in [-0.3, -0.25) is 10.1 Å². The molecule has 20 heavy (non-hydrogen) atoms. The third-order valence-corrected chi connectivity index (χ3v) is 2.59. The van der Waals surface area contributed by atoms with Crippen molar-refractivity contribution in [2.24, 2.45) is 5.84 Å². The van der Waals surface area contributed by atoms with Gasteiger partial charge in [0, 0.05) is 23.7 Å². The van der Waals surface area contributed by atoms with Gasteiger partial charge < -0.3 is 5.43 Å². The molecule has 0 saturated carbocycles. The van der Waals surface area contributed by atoms with E-state index in [0.29, 0.717) is 11.4 Å². The first kappa shape index (κ1) is 13.9. The van der Waals surface area contributed by atoms with Crippen molar-refractivity contribution in [2.75, 3.05) is 10.7 Å². The highest BCUT2D eigenvalue weighted by molar-refractivity contribution is 6.03. The molecule has 7 nitrogen and oxygen atoms in total. The standard InChI is InChI=1S/C13H16N6O/c1-2-4-10-7-9(8-11(17-10)19-14)12(20)18-13-15-5-3-6-16-13/h3,5-8H,2,4,14H2,1H3,(H,17,19)(H,15,16,18,20). The molecule has 1 amide bonds. The summed E-state index contributed by atoms with van der Waals surface area (Å²) in [6.07, 6.45) is 4.83. The van der Waals surface area contributed by atoms with E-state index in [0.717, 1.165) is 18.5 Å². The van der Waals surface area contributed by atoms with Crippen LogP contribution < -0.4 is 16.6 Å². The van der Waals surface area contributed by atoms with E-state index in [-0.39, 0.29) is 11.9 Å². The quantitative estimate of drug-likeness (QED) is 0.560. The first-order valence-electron chi connectivity index (χ1n) is 6.29. The van der Waals surface area contributed by atoms with Crippen LogP contribution in [0.5, 0.6) is 0 Å². The Balaban J connectivity index is 2.22. The molecule has 0 aliphatic carbocycles. The predicted octanol–water partition coefficient (Wildman–Crippen LogP) is 1.36. The highest BCUT2D eigenvalue weighted by Gasteiger charge is 2.10. The van der Waals surface area contributed by atoms with Gasteiger partial charge in [0.05, 0.1) is 0 Å². The number of carbonyl (C=O) groups excluding carboxylic acids is 1. The van der Waals surface area contributed by atoms with Crippen LogP contribution >= 0.6 is 0 Å². The van der Waals surface area contributed by atoms with Crippen LogP contribution in [0.2, 0.25) is 0 Å². The Bertz CT molecular complexity index is 587. The van der Waals surface area contributed by atoms with Crippen molar-refractivity contribution in [2.45, 2.75) is 19.8 Å². The number of nitrogens with two attached hydrogens (primary N) is 1. The van der Waals surface area contributed by atoms with Crippen LogP contribution in [-0.4, -0.2) is 20.9 Å². The molecule has 0 aromatic carbocycles. The molecule has 0 fully saturated rings.